The number of carbonyl (C=O) groups excluding carboxylic acids is 2. The Hall–Kier alpha value is -2.89. The number of nitrogens with zero attached hydrogens (tertiary/aromatic N) is 1. The minimum Gasteiger partial charge on any atom is -0.449 e. The molecule has 0 bridgehead atoms. The summed E-state index contributed by atoms with van der Waals surface area (Å²) in [6, 6.07) is 10.5. The van der Waals surface area contributed by atoms with Gasteiger partial charge in [-0.05, 0) is 37.1 Å². The van der Waals surface area contributed by atoms with Crippen molar-refractivity contribution in [1.29, 1.82) is 0 Å². The van der Waals surface area contributed by atoms with Crippen molar-refractivity contribution < 1.29 is 14.3 Å². The van der Waals surface area contributed by atoms with Crippen molar-refractivity contribution in [2.45, 2.75) is 19.4 Å². The van der Waals surface area contributed by atoms with E-state index in [4.69, 9.17) is 4.74 Å². The minimum absolute atomic E-state index is 0.117. The maximum absolute atomic E-state index is 12.5. The lowest BCUT2D eigenvalue weighted by molar-refractivity contribution is -0.126. The molecule has 6 nitrogen and oxygen atoms in total. The zero-order valence-corrected chi connectivity index (χ0v) is 12.6. The van der Waals surface area contributed by atoms with E-state index < -0.39 is 17.6 Å². The molecular formula is C17H16N2O4. The first kappa shape index (κ1) is 15.0. The summed E-state index contributed by atoms with van der Waals surface area (Å²) in [5.41, 5.74) is 1.29. The van der Waals surface area contributed by atoms with Crippen LogP contribution in [0, 0.1) is 0 Å². The van der Waals surface area contributed by atoms with Crippen LogP contribution in [-0.2, 0) is 16.0 Å². The van der Waals surface area contributed by atoms with E-state index in [9.17, 15) is 14.4 Å². The molecule has 2 aromatic rings. The topological polar surface area (TPSA) is 79.5 Å². The van der Waals surface area contributed by atoms with Gasteiger partial charge in [0.05, 0.1) is 0 Å². The van der Waals surface area contributed by atoms with Gasteiger partial charge < -0.3 is 14.6 Å². The molecule has 0 saturated carbocycles. The van der Waals surface area contributed by atoms with Crippen molar-refractivity contribution in [2.24, 2.45) is 0 Å². The van der Waals surface area contributed by atoms with Crippen LogP contribution in [0.25, 0.3) is 0 Å². The Morgan fingerprint density at radius 3 is 2.78 bits per heavy atom. The van der Waals surface area contributed by atoms with E-state index in [2.05, 4.69) is 4.98 Å². The second-order valence-corrected chi connectivity index (χ2v) is 5.33. The van der Waals surface area contributed by atoms with Crippen LogP contribution in [-0.4, -0.2) is 29.5 Å². The monoisotopic (exact) mass is 312 g/mol. The molecule has 0 spiro atoms. The van der Waals surface area contributed by atoms with Gasteiger partial charge in [-0.3, -0.25) is 9.59 Å². The van der Waals surface area contributed by atoms with Crippen LogP contribution in [0.5, 0.6) is 0 Å². The quantitative estimate of drug-likeness (QED) is 0.871. The fourth-order valence-electron chi connectivity index (χ4n) is 2.64. The Morgan fingerprint density at radius 2 is 2.00 bits per heavy atom. The number of rotatable bonds is 3. The summed E-state index contributed by atoms with van der Waals surface area (Å²) in [4.78, 5) is 40.1. The third kappa shape index (κ3) is 2.88. The largest absolute Gasteiger partial charge is 0.449 e. The summed E-state index contributed by atoms with van der Waals surface area (Å²) in [6.07, 6.45) is 1.24. The maximum Gasteiger partial charge on any atom is 0.344 e. The molecule has 23 heavy (non-hydrogen) atoms. The van der Waals surface area contributed by atoms with Gasteiger partial charge in [-0.15, -0.1) is 0 Å². The molecule has 1 aliphatic heterocycles. The molecule has 1 atom stereocenters. The Bertz CT molecular complexity index is 812. The highest BCUT2D eigenvalue weighted by Gasteiger charge is 2.30. The minimum atomic E-state index is -0.965. The third-order valence-corrected chi connectivity index (χ3v) is 3.82. The number of fused-ring (bicyclic) bond motifs is 1. The van der Waals surface area contributed by atoms with E-state index in [1.54, 1.807) is 4.90 Å². The van der Waals surface area contributed by atoms with Crippen LogP contribution in [0.2, 0.25) is 0 Å². The number of hydrogen-bond donors (Lipinski definition) is 1. The van der Waals surface area contributed by atoms with Crippen molar-refractivity contribution in [3.05, 3.63) is 64.1 Å². The molecule has 0 radical (unpaired) electrons. The van der Waals surface area contributed by atoms with Crippen molar-refractivity contribution in [3.63, 3.8) is 0 Å². The lowest BCUT2D eigenvalue weighted by atomic mass is 10.2. The van der Waals surface area contributed by atoms with Gasteiger partial charge in [-0.25, -0.2) is 4.79 Å². The number of aromatic nitrogens is 1. The summed E-state index contributed by atoms with van der Waals surface area (Å²) in [5.74, 6) is -1.10. The second-order valence-electron chi connectivity index (χ2n) is 5.33. The lowest BCUT2D eigenvalue weighted by Gasteiger charge is -2.21. The molecule has 1 N–H and O–H groups in total. The number of ether oxygens (including phenoxy) is 1. The van der Waals surface area contributed by atoms with Gasteiger partial charge in [-0.2, -0.15) is 0 Å². The summed E-state index contributed by atoms with van der Waals surface area (Å²) in [6.45, 7) is 2.07. The van der Waals surface area contributed by atoms with Gasteiger partial charge in [-0.1, -0.05) is 18.2 Å². The van der Waals surface area contributed by atoms with Crippen molar-refractivity contribution >= 4 is 17.6 Å². The Balaban J connectivity index is 1.73. The average Bonchev–Trinajstić information content (AvgIpc) is 2.98. The Morgan fingerprint density at radius 1 is 1.22 bits per heavy atom. The summed E-state index contributed by atoms with van der Waals surface area (Å²) < 4.78 is 5.16. The van der Waals surface area contributed by atoms with Gasteiger partial charge in [0.15, 0.2) is 6.10 Å². The van der Waals surface area contributed by atoms with E-state index in [0.717, 1.165) is 17.7 Å². The van der Waals surface area contributed by atoms with E-state index in [1.807, 2.05) is 24.3 Å². The van der Waals surface area contributed by atoms with Crippen LogP contribution in [0.15, 0.2) is 47.4 Å². The maximum atomic E-state index is 12.5. The van der Waals surface area contributed by atoms with Gasteiger partial charge in [0.25, 0.3) is 11.5 Å². The van der Waals surface area contributed by atoms with Crippen LogP contribution in [0.3, 0.4) is 0 Å². The number of hydrogen-bond acceptors (Lipinski definition) is 4. The fraction of sp³-hybridized carbons (Fsp3) is 0.235. The molecule has 0 aliphatic carbocycles. The van der Waals surface area contributed by atoms with Crippen molar-refractivity contribution in [1.82, 2.24) is 4.98 Å². The highest BCUT2D eigenvalue weighted by molar-refractivity contribution is 6.00. The SMILES string of the molecule is C[C@H](OC(=O)c1ccc[nH]c1=O)C(=O)N1CCc2ccccc21. The first-order chi connectivity index (χ1) is 11.1. The highest BCUT2D eigenvalue weighted by Crippen LogP contribution is 2.28. The van der Waals surface area contributed by atoms with E-state index in [1.165, 1.54) is 25.3 Å². The molecule has 1 aromatic heterocycles. The van der Waals surface area contributed by atoms with Gasteiger partial charge in [0.2, 0.25) is 0 Å². The fourth-order valence-corrected chi connectivity index (χ4v) is 2.64. The van der Waals surface area contributed by atoms with E-state index in [0.29, 0.717) is 6.54 Å². The predicted molar refractivity (Wildman–Crippen MR) is 84.4 cm³/mol. The molecular weight excluding hydrogens is 296 g/mol. The smallest absolute Gasteiger partial charge is 0.344 e. The number of benzene rings is 1. The number of para-hydroxylation sites is 1. The number of pyridine rings is 1. The normalized spacial score (nSPS) is 14.2. The highest BCUT2D eigenvalue weighted by atomic mass is 16.5. The van der Waals surface area contributed by atoms with Crippen LogP contribution < -0.4 is 10.5 Å². The average molecular weight is 312 g/mol. The zero-order chi connectivity index (χ0) is 16.4. The molecule has 3 rings (SSSR count). The summed E-state index contributed by atoms with van der Waals surface area (Å²) in [7, 11) is 0. The van der Waals surface area contributed by atoms with Gasteiger partial charge >= 0.3 is 5.97 Å². The molecule has 1 aromatic carbocycles. The van der Waals surface area contributed by atoms with Crippen LogP contribution in [0.1, 0.15) is 22.8 Å². The van der Waals surface area contributed by atoms with Gasteiger partial charge in [0.1, 0.15) is 5.56 Å². The molecule has 0 unspecified atom stereocenters. The number of carbonyl (C=O) groups is 2. The summed E-state index contributed by atoms with van der Waals surface area (Å²) in [5, 5.41) is 0. The number of nitrogens with one attached hydrogen (secondary N) is 1. The molecule has 0 fully saturated rings. The number of anilines is 1. The summed E-state index contributed by atoms with van der Waals surface area (Å²) >= 11 is 0. The lowest BCUT2D eigenvalue weighted by Crippen LogP contribution is -2.39. The van der Waals surface area contributed by atoms with Crippen molar-refractivity contribution in [2.75, 3.05) is 11.4 Å². The van der Waals surface area contributed by atoms with Gasteiger partial charge in [0, 0.05) is 18.4 Å². The third-order valence-electron chi connectivity index (χ3n) is 3.82. The molecule has 0 saturated heterocycles. The van der Waals surface area contributed by atoms with E-state index >= 15 is 0 Å². The number of H-pyrrole nitrogens is 1. The zero-order valence-electron chi connectivity index (χ0n) is 12.6. The number of aromatic amines is 1. The van der Waals surface area contributed by atoms with E-state index in [-0.39, 0.29) is 11.5 Å². The second kappa shape index (κ2) is 6.08. The molecule has 1 amide bonds. The van der Waals surface area contributed by atoms with Crippen LogP contribution >= 0.6 is 0 Å². The first-order valence-electron chi connectivity index (χ1n) is 7.36. The molecule has 2 heterocycles. The molecule has 118 valence electrons. The molecule has 6 heteroatoms. The van der Waals surface area contributed by atoms with Crippen LogP contribution in [0.4, 0.5) is 5.69 Å². The van der Waals surface area contributed by atoms with Crippen molar-refractivity contribution in [3.8, 4) is 0 Å². The molecule has 1 aliphatic rings. The Labute approximate surface area is 132 Å². The number of esters is 1. The first-order valence-corrected chi connectivity index (χ1v) is 7.36. The predicted octanol–water partition coefficient (Wildman–Crippen LogP) is 1.51. The number of amides is 1. The standard InChI is InChI=1S/C17H16N2O4/c1-11(23-17(22)13-6-4-9-18-15(13)20)16(21)19-10-8-12-5-2-3-7-14(12)19/h2-7,9,11H,8,10H2,1H3,(H,18,20)/t11-/m0/s1. The Kier molecular flexibility index (Phi) is 3.97.